The van der Waals surface area contributed by atoms with Crippen molar-refractivity contribution in [2.45, 2.75) is 51.6 Å². The summed E-state index contributed by atoms with van der Waals surface area (Å²) in [5, 5.41) is 0.675. The maximum absolute atomic E-state index is 13.0. The fourth-order valence-electron chi connectivity index (χ4n) is 4.36. The summed E-state index contributed by atoms with van der Waals surface area (Å²) in [4.78, 5) is 7.13. The van der Waals surface area contributed by atoms with Crippen molar-refractivity contribution in [1.82, 2.24) is 0 Å². The summed E-state index contributed by atoms with van der Waals surface area (Å²) in [6, 6.07) is 7.67. The third-order valence-corrected chi connectivity index (χ3v) is 6.37. The van der Waals surface area contributed by atoms with Gasteiger partial charge in [0, 0.05) is 28.9 Å². The van der Waals surface area contributed by atoms with Crippen molar-refractivity contribution in [2.75, 3.05) is 11.4 Å². The summed E-state index contributed by atoms with van der Waals surface area (Å²) >= 11 is 6.04. The average Bonchev–Trinajstić information content (AvgIpc) is 3.47. The first kappa shape index (κ1) is 18.9. The highest BCUT2D eigenvalue weighted by molar-refractivity contribution is 6.30. The molecular formula is C21H24ClF3N2. The van der Waals surface area contributed by atoms with E-state index in [2.05, 4.69) is 4.90 Å². The van der Waals surface area contributed by atoms with Crippen molar-refractivity contribution in [3.8, 4) is 0 Å². The van der Waals surface area contributed by atoms with Crippen LogP contribution in [0.25, 0.3) is 0 Å². The van der Waals surface area contributed by atoms with E-state index >= 15 is 0 Å². The number of nitrogens with zero attached hydrogens (tertiary/aromatic N) is 2. The van der Waals surface area contributed by atoms with E-state index in [4.69, 9.17) is 16.6 Å². The number of aliphatic imine (C=N–C) groups is 1. The van der Waals surface area contributed by atoms with Crippen molar-refractivity contribution in [1.29, 1.82) is 0 Å². The van der Waals surface area contributed by atoms with E-state index < -0.39 is 12.1 Å². The van der Waals surface area contributed by atoms with Crippen LogP contribution in [-0.2, 0) is 0 Å². The third-order valence-electron chi connectivity index (χ3n) is 6.12. The molecule has 0 spiro atoms. The topological polar surface area (TPSA) is 15.6 Å². The Morgan fingerprint density at radius 3 is 2.11 bits per heavy atom. The van der Waals surface area contributed by atoms with Crippen LogP contribution in [0.4, 0.5) is 18.9 Å². The molecule has 0 saturated heterocycles. The quantitative estimate of drug-likeness (QED) is 0.561. The number of allylic oxidation sites excluding steroid dienone is 1. The molecule has 4 rings (SSSR count). The molecule has 0 atom stereocenters. The van der Waals surface area contributed by atoms with Crippen molar-refractivity contribution >= 4 is 23.1 Å². The molecule has 0 amide bonds. The van der Waals surface area contributed by atoms with Crippen LogP contribution in [0.15, 0.2) is 40.5 Å². The number of amidine groups is 1. The molecule has 2 aliphatic carbocycles. The van der Waals surface area contributed by atoms with Gasteiger partial charge in [-0.15, -0.1) is 0 Å². The van der Waals surface area contributed by atoms with Crippen LogP contribution in [0.1, 0.15) is 45.4 Å². The van der Waals surface area contributed by atoms with Crippen LogP contribution < -0.4 is 4.90 Å². The van der Waals surface area contributed by atoms with Crippen molar-refractivity contribution in [2.24, 2.45) is 22.7 Å². The number of alkyl halides is 3. The lowest BCUT2D eigenvalue weighted by Gasteiger charge is -2.38. The number of halogens is 4. The van der Waals surface area contributed by atoms with Crippen LogP contribution in [0, 0.1) is 17.8 Å². The van der Waals surface area contributed by atoms with Crippen LogP contribution in [0.5, 0.6) is 0 Å². The third kappa shape index (κ3) is 4.03. The molecule has 27 heavy (non-hydrogen) atoms. The number of benzene rings is 1. The van der Waals surface area contributed by atoms with Crippen LogP contribution in [-0.4, -0.2) is 18.6 Å². The van der Waals surface area contributed by atoms with Gasteiger partial charge in [-0.2, -0.15) is 13.2 Å². The molecule has 1 aromatic carbocycles. The molecule has 1 heterocycles. The smallest absolute Gasteiger partial charge is 0.325 e. The fraction of sp³-hybridized carbons (Fsp3) is 0.571. The van der Waals surface area contributed by atoms with Crippen molar-refractivity contribution < 1.29 is 13.2 Å². The zero-order valence-electron chi connectivity index (χ0n) is 15.4. The molecule has 1 aliphatic heterocycles. The Kier molecular flexibility index (Phi) is 5.00. The minimum atomic E-state index is -4.08. The van der Waals surface area contributed by atoms with E-state index in [0.717, 1.165) is 23.8 Å². The van der Waals surface area contributed by atoms with Gasteiger partial charge in [0.1, 0.15) is 5.84 Å². The largest absolute Gasteiger partial charge is 0.391 e. The molecule has 0 aromatic heterocycles. The van der Waals surface area contributed by atoms with E-state index in [0.29, 0.717) is 23.8 Å². The van der Waals surface area contributed by atoms with Crippen LogP contribution in [0.3, 0.4) is 0 Å². The highest BCUT2D eigenvalue weighted by Gasteiger charge is 2.43. The van der Waals surface area contributed by atoms with Gasteiger partial charge in [-0.25, -0.2) is 4.99 Å². The molecular weight excluding hydrogens is 373 g/mol. The van der Waals surface area contributed by atoms with Gasteiger partial charge in [0.2, 0.25) is 0 Å². The van der Waals surface area contributed by atoms with Gasteiger partial charge >= 0.3 is 6.18 Å². The second-order valence-corrected chi connectivity index (χ2v) is 8.44. The van der Waals surface area contributed by atoms with Crippen LogP contribution >= 0.6 is 11.6 Å². The average molecular weight is 397 g/mol. The molecule has 2 saturated carbocycles. The number of rotatable bonds is 3. The lowest BCUT2D eigenvalue weighted by molar-refractivity contribution is -0.182. The van der Waals surface area contributed by atoms with E-state index in [1.54, 1.807) is 0 Å². The molecule has 0 unspecified atom stereocenters. The van der Waals surface area contributed by atoms with E-state index in [1.807, 2.05) is 31.2 Å². The standard InChI is InChI=1S/C21H24ClF3N2/c1-13-19(14-2-3-14)12-27(18-10-8-17(22)9-11-18)20(26-13)15-4-6-16(7-5-15)21(23,24)25/h8-11,14-16H,2-7,12H2,1H3/t15-,16+. The molecule has 3 aliphatic rings. The van der Waals surface area contributed by atoms with Crippen molar-refractivity contribution in [3.63, 3.8) is 0 Å². The molecule has 0 bridgehead atoms. The monoisotopic (exact) mass is 396 g/mol. The highest BCUT2D eigenvalue weighted by atomic mass is 35.5. The first-order valence-electron chi connectivity index (χ1n) is 9.71. The van der Waals surface area contributed by atoms with Gasteiger partial charge in [0.05, 0.1) is 5.92 Å². The molecule has 6 heteroatoms. The van der Waals surface area contributed by atoms with Crippen molar-refractivity contribution in [3.05, 3.63) is 40.6 Å². The maximum Gasteiger partial charge on any atom is 0.391 e. The number of hydrogen-bond donors (Lipinski definition) is 0. The van der Waals surface area contributed by atoms with E-state index in [9.17, 15) is 13.2 Å². The fourth-order valence-corrected chi connectivity index (χ4v) is 4.49. The lowest BCUT2D eigenvalue weighted by Crippen LogP contribution is -2.42. The summed E-state index contributed by atoms with van der Waals surface area (Å²) in [5.41, 5.74) is 3.45. The highest BCUT2D eigenvalue weighted by Crippen LogP contribution is 2.44. The summed E-state index contributed by atoms with van der Waals surface area (Å²) in [5.74, 6) is 0.460. The van der Waals surface area contributed by atoms with Gasteiger partial charge in [-0.3, -0.25) is 0 Å². The van der Waals surface area contributed by atoms with Gasteiger partial charge in [0.15, 0.2) is 0 Å². The second-order valence-electron chi connectivity index (χ2n) is 8.01. The summed E-state index contributed by atoms with van der Waals surface area (Å²) < 4.78 is 39.1. The summed E-state index contributed by atoms with van der Waals surface area (Å²) in [6.07, 6.45) is -0.187. The van der Waals surface area contributed by atoms with E-state index in [1.165, 1.54) is 18.4 Å². The zero-order chi connectivity index (χ0) is 19.2. The molecule has 2 nitrogen and oxygen atoms in total. The first-order valence-corrected chi connectivity index (χ1v) is 10.1. The Hall–Kier alpha value is -1.49. The SMILES string of the molecule is CC1=C(C2CC2)CN(c2ccc(Cl)cc2)C([C@H]2CC[C@@H](C(F)(F)F)CC2)=N1. The lowest BCUT2D eigenvalue weighted by atomic mass is 9.80. The van der Waals surface area contributed by atoms with Gasteiger partial charge in [0.25, 0.3) is 0 Å². The Balaban J connectivity index is 1.60. The summed E-state index contributed by atoms with van der Waals surface area (Å²) in [6.45, 7) is 2.84. The first-order chi connectivity index (χ1) is 12.8. The Bertz CT molecular complexity index is 755. The summed E-state index contributed by atoms with van der Waals surface area (Å²) in [7, 11) is 0. The predicted octanol–water partition coefficient (Wildman–Crippen LogP) is 6.61. The second kappa shape index (κ2) is 7.16. The van der Waals surface area contributed by atoms with Gasteiger partial charge in [-0.05, 0) is 81.2 Å². The molecule has 0 N–H and O–H groups in total. The predicted molar refractivity (Wildman–Crippen MR) is 103 cm³/mol. The molecule has 146 valence electrons. The molecule has 2 fully saturated rings. The minimum Gasteiger partial charge on any atom is -0.325 e. The normalized spacial score (nSPS) is 27.0. The van der Waals surface area contributed by atoms with Gasteiger partial charge in [-0.1, -0.05) is 11.6 Å². The number of hydrogen-bond acceptors (Lipinski definition) is 2. The molecule has 1 aromatic rings. The minimum absolute atomic E-state index is 0.0787. The van der Waals surface area contributed by atoms with Crippen LogP contribution in [0.2, 0.25) is 5.02 Å². The van der Waals surface area contributed by atoms with E-state index in [-0.39, 0.29) is 18.8 Å². The Morgan fingerprint density at radius 1 is 0.963 bits per heavy atom. The van der Waals surface area contributed by atoms with Gasteiger partial charge < -0.3 is 4.90 Å². The zero-order valence-corrected chi connectivity index (χ0v) is 16.2. The Labute approximate surface area is 163 Å². The maximum atomic E-state index is 13.0. The molecule has 0 radical (unpaired) electrons. The number of anilines is 1. The Morgan fingerprint density at radius 2 is 1.56 bits per heavy atom.